The summed E-state index contributed by atoms with van der Waals surface area (Å²) in [4.78, 5) is 52.2. The second kappa shape index (κ2) is 22.2. The summed E-state index contributed by atoms with van der Waals surface area (Å²) in [7, 11) is 0. The monoisotopic (exact) mass is 678 g/mol. The first kappa shape index (κ1) is 39.9. The third-order valence-corrected chi connectivity index (χ3v) is 9.59. The van der Waals surface area contributed by atoms with Crippen LogP contribution in [-0.4, -0.2) is 59.4 Å². The molecule has 1 heterocycles. The second-order valence-corrected chi connectivity index (χ2v) is 13.7. The van der Waals surface area contributed by atoms with Gasteiger partial charge in [-0.1, -0.05) is 62.4 Å². The lowest BCUT2D eigenvalue weighted by Gasteiger charge is -2.16. The summed E-state index contributed by atoms with van der Waals surface area (Å²) in [6.07, 6.45) is 9.55. The van der Waals surface area contributed by atoms with Crippen LogP contribution in [0.2, 0.25) is 0 Å². The van der Waals surface area contributed by atoms with Gasteiger partial charge in [-0.3, -0.25) is 19.2 Å². The van der Waals surface area contributed by atoms with Crippen LogP contribution in [0.4, 0.5) is 0 Å². The molecule has 1 unspecified atom stereocenters. The number of carbonyl (C=O) groups excluding carboxylic acids is 4. The number of esters is 2. The number of nitrogens with zero attached hydrogens (tertiary/aromatic N) is 1. The maximum absolute atomic E-state index is 12.8. The van der Waals surface area contributed by atoms with Gasteiger partial charge in [-0.2, -0.15) is 0 Å². The SMILES string of the molecule is CCC(O)CCCc1ccc(COC(=O)CC[C@H](CC(=O)[C@@H](C)CCC(=O)OCc2ccc(CCCCN3CCCC3)cc2)C(N)=O)cc1. The van der Waals surface area contributed by atoms with Gasteiger partial charge in [-0.25, -0.2) is 0 Å². The van der Waals surface area contributed by atoms with Gasteiger partial charge in [0.05, 0.1) is 6.10 Å². The van der Waals surface area contributed by atoms with Crippen molar-refractivity contribution < 1.29 is 33.8 Å². The number of nitrogens with two attached hydrogens (primary N) is 1. The van der Waals surface area contributed by atoms with Crippen molar-refractivity contribution in [3.05, 3.63) is 70.8 Å². The molecule has 1 aliphatic heterocycles. The normalized spacial score (nSPS) is 15.0. The predicted octanol–water partition coefficient (Wildman–Crippen LogP) is 6.24. The number of Topliss-reactive ketones (excluding diaryl/α,β-unsaturated/α-hetero) is 1. The van der Waals surface area contributed by atoms with Gasteiger partial charge in [0.1, 0.15) is 19.0 Å². The van der Waals surface area contributed by atoms with Gasteiger partial charge in [0.25, 0.3) is 0 Å². The van der Waals surface area contributed by atoms with E-state index in [0.717, 1.165) is 55.2 Å². The number of hydrogen-bond acceptors (Lipinski definition) is 8. The average molecular weight is 679 g/mol. The van der Waals surface area contributed by atoms with Crippen LogP contribution in [-0.2, 0) is 54.7 Å². The van der Waals surface area contributed by atoms with E-state index in [2.05, 4.69) is 17.0 Å². The van der Waals surface area contributed by atoms with Crippen LogP contribution >= 0.6 is 0 Å². The Kier molecular flexibility index (Phi) is 18.1. The summed E-state index contributed by atoms with van der Waals surface area (Å²) >= 11 is 0. The average Bonchev–Trinajstić information content (AvgIpc) is 3.63. The Hall–Kier alpha value is -3.56. The van der Waals surface area contributed by atoms with E-state index in [4.69, 9.17) is 15.2 Å². The van der Waals surface area contributed by atoms with E-state index in [1.807, 2.05) is 43.3 Å². The van der Waals surface area contributed by atoms with E-state index < -0.39 is 23.7 Å². The molecule has 2 aromatic rings. The summed E-state index contributed by atoms with van der Waals surface area (Å²) < 4.78 is 10.8. The van der Waals surface area contributed by atoms with Gasteiger partial charge in [0, 0.05) is 31.1 Å². The molecule has 0 spiro atoms. The largest absolute Gasteiger partial charge is 0.461 e. The van der Waals surface area contributed by atoms with Gasteiger partial charge >= 0.3 is 11.9 Å². The Morgan fingerprint density at radius 2 is 1.27 bits per heavy atom. The van der Waals surface area contributed by atoms with Crippen LogP contribution in [0.1, 0.15) is 113 Å². The van der Waals surface area contributed by atoms with E-state index in [9.17, 15) is 24.3 Å². The highest BCUT2D eigenvalue weighted by molar-refractivity contribution is 5.87. The molecule has 0 aliphatic carbocycles. The molecule has 2 aromatic carbocycles. The number of rotatable bonds is 24. The van der Waals surface area contributed by atoms with Gasteiger partial charge in [-0.15, -0.1) is 0 Å². The fourth-order valence-electron chi connectivity index (χ4n) is 6.07. The number of ether oxygens (including phenoxy) is 2. The van der Waals surface area contributed by atoms with E-state index >= 15 is 0 Å². The summed E-state index contributed by atoms with van der Waals surface area (Å²) in [5.41, 5.74) is 9.78. The van der Waals surface area contributed by atoms with Gasteiger partial charge in [0.15, 0.2) is 0 Å². The van der Waals surface area contributed by atoms with Crippen LogP contribution in [0, 0.1) is 11.8 Å². The molecule has 1 fully saturated rings. The molecular formula is C40H58N2O7. The number of aliphatic hydroxyl groups is 1. The van der Waals surface area contributed by atoms with Crippen molar-refractivity contribution in [2.75, 3.05) is 19.6 Å². The van der Waals surface area contributed by atoms with Crippen molar-refractivity contribution in [1.82, 2.24) is 4.90 Å². The quantitative estimate of drug-likeness (QED) is 0.0984. The fraction of sp³-hybridized carbons (Fsp3) is 0.600. The zero-order valence-electron chi connectivity index (χ0n) is 29.7. The number of amides is 1. The first-order valence-corrected chi connectivity index (χ1v) is 18.3. The Labute approximate surface area is 292 Å². The van der Waals surface area contributed by atoms with Crippen LogP contribution in [0.15, 0.2) is 48.5 Å². The second-order valence-electron chi connectivity index (χ2n) is 13.7. The molecule has 9 nitrogen and oxygen atoms in total. The predicted molar refractivity (Wildman–Crippen MR) is 190 cm³/mol. The van der Waals surface area contributed by atoms with Crippen LogP contribution in [0.25, 0.3) is 0 Å². The Morgan fingerprint density at radius 1 is 0.755 bits per heavy atom. The van der Waals surface area contributed by atoms with Crippen LogP contribution in [0.5, 0.6) is 0 Å². The zero-order chi connectivity index (χ0) is 35.4. The topological polar surface area (TPSA) is 136 Å². The van der Waals surface area contributed by atoms with Crippen molar-refractivity contribution in [3.8, 4) is 0 Å². The molecule has 3 atom stereocenters. The Balaban J connectivity index is 1.28. The number of benzene rings is 2. The summed E-state index contributed by atoms with van der Waals surface area (Å²) in [5, 5.41) is 9.70. The molecule has 3 rings (SSSR count). The van der Waals surface area contributed by atoms with Crippen LogP contribution < -0.4 is 5.73 Å². The first-order chi connectivity index (χ1) is 23.6. The molecule has 9 heteroatoms. The molecule has 0 saturated carbocycles. The number of hydrogen-bond donors (Lipinski definition) is 2. The minimum absolute atomic E-state index is 0.0286. The number of carbonyl (C=O) groups is 4. The van der Waals surface area contributed by atoms with E-state index in [0.29, 0.717) is 6.42 Å². The minimum Gasteiger partial charge on any atom is -0.461 e. The molecule has 270 valence electrons. The lowest BCUT2D eigenvalue weighted by atomic mass is 9.89. The highest BCUT2D eigenvalue weighted by Gasteiger charge is 2.24. The lowest BCUT2D eigenvalue weighted by molar-refractivity contribution is -0.146. The van der Waals surface area contributed by atoms with Crippen molar-refractivity contribution in [3.63, 3.8) is 0 Å². The van der Waals surface area contributed by atoms with Crippen molar-refractivity contribution in [1.29, 1.82) is 0 Å². The molecule has 1 amide bonds. The number of primary amides is 1. The first-order valence-electron chi connectivity index (χ1n) is 18.3. The lowest BCUT2D eigenvalue weighted by Crippen LogP contribution is -2.28. The molecule has 3 N–H and O–H groups in total. The Morgan fingerprint density at radius 3 is 1.80 bits per heavy atom. The maximum atomic E-state index is 12.8. The highest BCUT2D eigenvalue weighted by Crippen LogP contribution is 2.19. The Bertz CT molecular complexity index is 1290. The van der Waals surface area contributed by atoms with Crippen molar-refractivity contribution in [2.45, 2.75) is 123 Å². The highest BCUT2D eigenvalue weighted by atomic mass is 16.5. The van der Waals surface area contributed by atoms with Gasteiger partial charge in [-0.05, 0) is 113 Å². The smallest absolute Gasteiger partial charge is 0.306 e. The third-order valence-electron chi connectivity index (χ3n) is 9.59. The summed E-state index contributed by atoms with van der Waals surface area (Å²) in [6.45, 7) is 7.67. The molecular weight excluding hydrogens is 620 g/mol. The molecule has 49 heavy (non-hydrogen) atoms. The number of aryl methyl sites for hydroxylation is 2. The molecule has 1 saturated heterocycles. The number of aliphatic hydroxyl groups excluding tert-OH is 1. The molecule has 0 radical (unpaired) electrons. The number of likely N-dealkylation sites (tertiary alicyclic amines) is 1. The van der Waals surface area contributed by atoms with Gasteiger partial charge < -0.3 is 25.2 Å². The number of unbranched alkanes of at least 4 members (excludes halogenated alkanes) is 1. The molecule has 1 aliphatic rings. The number of ketones is 1. The molecule has 0 aromatic heterocycles. The summed E-state index contributed by atoms with van der Waals surface area (Å²) in [5.74, 6) is -2.89. The third kappa shape index (κ3) is 16.1. The van der Waals surface area contributed by atoms with E-state index in [1.54, 1.807) is 6.92 Å². The van der Waals surface area contributed by atoms with Crippen molar-refractivity contribution in [2.24, 2.45) is 17.6 Å². The van der Waals surface area contributed by atoms with Gasteiger partial charge in [0.2, 0.25) is 5.91 Å². The molecule has 0 bridgehead atoms. The standard InChI is InChI=1S/C40H58N2O7/c1-3-36(43)11-8-10-32-15-19-34(20-16-32)29-49-39(46)23-21-35(40(41)47)27-37(44)30(2)12-22-38(45)48-28-33-17-13-31(14-18-33)9-4-5-24-42-25-6-7-26-42/h13-20,30,35-36,43H,3-12,21-29H2,1-2H3,(H2,41,47)/t30-,35+,36?/m0/s1. The zero-order valence-corrected chi connectivity index (χ0v) is 29.7. The van der Waals surface area contributed by atoms with Crippen LogP contribution in [0.3, 0.4) is 0 Å². The van der Waals surface area contributed by atoms with E-state index in [1.165, 1.54) is 44.5 Å². The maximum Gasteiger partial charge on any atom is 0.306 e. The van der Waals surface area contributed by atoms with Crippen molar-refractivity contribution >= 4 is 23.6 Å². The van der Waals surface area contributed by atoms with E-state index in [-0.39, 0.29) is 56.8 Å². The summed E-state index contributed by atoms with van der Waals surface area (Å²) in [6, 6.07) is 16.0. The minimum atomic E-state index is -0.784. The fourth-order valence-corrected chi connectivity index (χ4v) is 6.07.